The molecule has 2 saturated heterocycles. The third-order valence-electron chi connectivity index (χ3n) is 2.19. The molecule has 2 aliphatic rings. The molecule has 0 unspecified atom stereocenters. The van der Waals surface area contributed by atoms with Crippen molar-refractivity contribution in [1.29, 1.82) is 0 Å². The predicted octanol–water partition coefficient (Wildman–Crippen LogP) is -1.92. The van der Waals surface area contributed by atoms with Gasteiger partial charge in [0.1, 0.15) is 12.2 Å². The van der Waals surface area contributed by atoms with Crippen molar-refractivity contribution in [2.24, 2.45) is 0 Å². The molecule has 0 spiro atoms. The van der Waals surface area contributed by atoms with Crippen LogP contribution in [-0.4, -0.2) is 47.7 Å². The zero-order valence-corrected chi connectivity index (χ0v) is 5.53. The van der Waals surface area contributed by atoms with Gasteiger partial charge in [0.2, 0.25) is 0 Å². The third kappa shape index (κ3) is 0.769. The summed E-state index contributed by atoms with van der Waals surface area (Å²) < 4.78 is 5.14. The van der Waals surface area contributed by atoms with E-state index in [4.69, 9.17) is 4.74 Å². The van der Waals surface area contributed by atoms with E-state index in [0.717, 1.165) is 0 Å². The summed E-state index contributed by atoms with van der Waals surface area (Å²) in [5, 5.41) is 21.5. The van der Waals surface area contributed by atoms with Crippen molar-refractivity contribution in [2.75, 3.05) is 13.2 Å². The number of β-amino-alcohol motifs (C(OH)–C–C–N with tert-alkyl or cyclic N) is 1. The minimum atomic E-state index is -0.547. The number of hydrogen-bond donors (Lipinski definition) is 3. The van der Waals surface area contributed by atoms with Crippen LogP contribution in [0, 0.1) is 0 Å². The second-order valence-electron chi connectivity index (χ2n) is 2.87. The number of aliphatic hydroxyl groups excluding tert-OH is 2. The minimum absolute atomic E-state index is 0.0356. The normalized spacial score (nSPS) is 53.4. The first-order valence-corrected chi connectivity index (χ1v) is 3.50. The van der Waals surface area contributed by atoms with Gasteiger partial charge >= 0.3 is 0 Å². The van der Waals surface area contributed by atoms with E-state index >= 15 is 0 Å². The molecule has 2 aliphatic heterocycles. The quantitative estimate of drug-likeness (QED) is 0.372. The third-order valence-corrected chi connectivity index (χ3v) is 2.19. The number of aliphatic hydroxyl groups is 2. The molecule has 2 rings (SSSR count). The average molecular weight is 145 g/mol. The van der Waals surface area contributed by atoms with E-state index in [1.807, 2.05) is 0 Å². The Hall–Kier alpha value is -0.160. The van der Waals surface area contributed by atoms with Crippen LogP contribution in [-0.2, 0) is 4.74 Å². The summed E-state index contributed by atoms with van der Waals surface area (Å²) in [4.78, 5) is 0. The maximum atomic E-state index is 9.33. The number of fused-ring (bicyclic) bond motifs is 2. The van der Waals surface area contributed by atoms with Crippen molar-refractivity contribution in [3.8, 4) is 0 Å². The SMILES string of the molecule is O[C@@H]1[C@@H]2OC[C@H]1NC[C@@H]2O. The van der Waals surface area contributed by atoms with Crippen LogP contribution in [0.2, 0.25) is 0 Å². The van der Waals surface area contributed by atoms with Crippen molar-refractivity contribution in [3.05, 3.63) is 0 Å². The summed E-state index contributed by atoms with van der Waals surface area (Å²) in [6.45, 7) is 1.05. The first kappa shape index (κ1) is 6.54. The largest absolute Gasteiger partial charge is 0.389 e. The highest BCUT2D eigenvalue weighted by Gasteiger charge is 2.43. The van der Waals surface area contributed by atoms with Crippen LogP contribution in [0.1, 0.15) is 0 Å². The Morgan fingerprint density at radius 1 is 1.40 bits per heavy atom. The van der Waals surface area contributed by atoms with Crippen molar-refractivity contribution in [2.45, 2.75) is 24.4 Å². The lowest BCUT2D eigenvalue weighted by Gasteiger charge is -2.28. The fraction of sp³-hybridized carbons (Fsp3) is 1.00. The second kappa shape index (κ2) is 2.17. The molecule has 0 aromatic heterocycles. The molecule has 0 amide bonds. The molecule has 0 saturated carbocycles. The van der Waals surface area contributed by atoms with E-state index in [1.165, 1.54) is 0 Å². The minimum Gasteiger partial charge on any atom is -0.389 e. The van der Waals surface area contributed by atoms with E-state index < -0.39 is 12.2 Å². The molecule has 0 radical (unpaired) electrons. The number of hydrogen-bond acceptors (Lipinski definition) is 4. The van der Waals surface area contributed by atoms with Gasteiger partial charge in [-0.05, 0) is 0 Å². The van der Waals surface area contributed by atoms with Crippen LogP contribution in [0.3, 0.4) is 0 Å². The van der Waals surface area contributed by atoms with Gasteiger partial charge < -0.3 is 20.3 Å². The van der Waals surface area contributed by atoms with Crippen LogP contribution in [0.25, 0.3) is 0 Å². The molecule has 2 fully saturated rings. The summed E-state index contributed by atoms with van der Waals surface area (Å²) in [6.07, 6.45) is -1.43. The van der Waals surface area contributed by atoms with Gasteiger partial charge in [0.25, 0.3) is 0 Å². The molecule has 0 aliphatic carbocycles. The molecule has 4 heteroatoms. The fourth-order valence-corrected chi connectivity index (χ4v) is 1.55. The highest BCUT2D eigenvalue weighted by atomic mass is 16.5. The zero-order chi connectivity index (χ0) is 7.14. The lowest BCUT2D eigenvalue weighted by Crippen LogP contribution is -2.54. The van der Waals surface area contributed by atoms with E-state index in [0.29, 0.717) is 13.2 Å². The molecule has 3 N–H and O–H groups in total. The summed E-state index contributed by atoms with van der Waals surface area (Å²) in [7, 11) is 0. The van der Waals surface area contributed by atoms with Gasteiger partial charge in [-0.25, -0.2) is 0 Å². The Morgan fingerprint density at radius 3 is 2.90 bits per heavy atom. The maximum absolute atomic E-state index is 9.33. The summed E-state index contributed by atoms with van der Waals surface area (Å²) >= 11 is 0. The van der Waals surface area contributed by atoms with Gasteiger partial charge in [0.05, 0.1) is 18.8 Å². The van der Waals surface area contributed by atoms with Gasteiger partial charge in [-0.1, -0.05) is 0 Å². The van der Waals surface area contributed by atoms with Gasteiger partial charge in [-0.3, -0.25) is 0 Å². The highest BCUT2D eigenvalue weighted by Crippen LogP contribution is 2.21. The smallest absolute Gasteiger partial charge is 0.112 e. The molecule has 58 valence electrons. The van der Waals surface area contributed by atoms with Crippen LogP contribution >= 0.6 is 0 Å². The Balaban J connectivity index is 2.13. The molecular weight excluding hydrogens is 134 g/mol. The Bertz CT molecular complexity index is 141. The summed E-state index contributed by atoms with van der Waals surface area (Å²) in [5.41, 5.74) is 0. The molecule has 2 heterocycles. The molecule has 4 nitrogen and oxygen atoms in total. The van der Waals surface area contributed by atoms with Crippen molar-refractivity contribution >= 4 is 0 Å². The molecular formula is C6H11NO3. The number of rotatable bonds is 0. The molecule has 0 aromatic carbocycles. The van der Waals surface area contributed by atoms with E-state index in [2.05, 4.69) is 5.32 Å². The van der Waals surface area contributed by atoms with Crippen LogP contribution in [0.4, 0.5) is 0 Å². The average Bonchev–Trinajstić information content (AvgIpc) is 2.13. The summed E-state index contributed by atoms with van der Waals surface area (Å²) in [6, 6.07) is 0.0356. The molecule has 2 bridgehead atoms. The lowest BCUT2D eigenvalue weighted by atomic mass is 10.0. The molecule has 0 aromatic rings. The van der Waals surface area contributed by atoms with Gasteiger partial charge in [0.15, 0.2) is 0 Å². The van der Waals surface area contributed by atoms with E-state index in [-0.39, 0.29) is 12.1 Å². The zero-order valence-electron chi connectivity index (χ0n) is 5.53. The Labute approximate surface area is 58.8 Å². The number of nitrogens with one attached hydrogen (secondary N) is 1. The summed E-state index contributed by atoms with van der Waals surface area (Å²) in [5.74, 6) is 0. The monoisotopic (exact) mass is 145 g/mol. The Morgan fingerprint density at radius 2 is 2.20 bits per heavy atom. The lowest BCUT2D eigenvalue weighted by molar-refractivity contribution is -0.0540. The van der Waals surface area contributed by atoms with Crippen LogP contribution < -0.4 is 5.32 Å². The van der Waals surface area contributed by atoms with E-state index in [9.17, 15) is 10.2 Å². The fourth-order valence-electron chi connectivity index (χ4n) is 1.55. The van der Waals surface area contributed by atoms with E-state index in [1.54, 1.807) is 0 Å². The first-order chi connectivity index (χ1) is 4.79. The van der Waals surface area contributed by atoms with Gasteiger partial charge in [-0.2, -0.15) is 0 Å². The van der Waals surface area contributed by atoms with Crippen molar-refractivity contribution in [1.82, 2.24) is 5.32 Å². The first-order valence-electron chi connectivity index (χ1n) is 3.50. The topological polar surface area (TPSA) is 61.7 Å². The molecule has 10 heavy (non-hydrogen) atoms. The number of ether oxygens (including phenoxy) is 1. The second-order valence-corrected chi connectivity index (χ2v) is 2.87. The van der Waals surface area contributed by atoms with Gasteiger partial charge in [-0.15, -0.1) is 0 Å². The van der Waals surface area contributed by atoms with Crippen molar-refractivity contribution < 1.29 is 14.9 Å². The van der Waals surface area contributed by atoms with Crippen LogP contribution in [0.15, 0.2) is 0 Å². The van der Waals surface area contributed by atoms with Crippen molar-refractivity contribution in [3.63, 3.8) is 0 Å². The molecule has 4 atom stereocenters. The van der Waals surface area contributed by atoms with Crippen LogP contribution in [0.5, 0.6) is 0 Å². The maximum Gasteiger partial charge on any atom is 0.112 e. The van der Waals surface area contributed by atoms with Gasteiger partial charge in [0, 0.05) is 6.54 Å². The predicted molar refractivity (Wildman–Crippen MR) is 33.5 cm³/mol. The Kier molecular flexibility index (Phi) is 1.42. The standard InChI is InChI=1S/C6H11NO3/c8-4-1-7-3-2-10-6(4)5(3)9/h3-9H,1-2H2/t3-,4+,5+,6-/m1/s1. The number of piperidine rings is 1. The highest BCUT2D eigenvalue weighted by molar-refractivity contribution is 4.97.